The van der Waals surface area contributed by atoms with Crippen molar-refractivity contribution in [3.05, 3.63) is 24.3 Å². The van der Waals surface area contributed by atoms with Gasteiger partial charge in [0.1, 0.15) is 0 Å². The molecule has 0 fully saturated rings. The van der Waals surface area contributed by atoms with Gasteiger partial charge < -0.3 is 9.47 Å². The third-order valence-electron chi connectivity index (χ3n) is 1.16. The van der Waals surface area contributed by atoms with Gasteiger partial charge in [0.15, 0.2) is 0 Å². The first kappa shape index (κ1) is 20.2. The smallest absolute Gasteiger partial charge is 0.333 e. The van der Waals surface area contributed by atoms with Crippen molar-refractivity contribution in [1.29, 1.82) is 0 Å². The molecule has 0 aromatic carbocycles. The summed E-state index contributed by atoms with van der Waals surface area (Å²) in [7, 11) is 1.33. The van der Waals surface area contributed by atoms with Gasteiger partial charge in [-0.2, -0.15) is 0 Å². The number of ether oxygens (including phenoxy) is 2. The highest BCUT2D eigenvalue weighted by molar-refractivity contribution is 5.87. The van der Waals surface area contributed by atoms with Gasteiger partial charge >= 0.3 is 11.9 Å². The Morgan fingerprint density at radius 2 is 1.44 bits per heavy atom. The van der Waals surface area contributed by atoms with Crippen LogP contribution in [0.15, 0.2) is 24.3 Å². The average molecular weight is 251 g/mol. The second kappa shape index (κ2) is 11.8. The summed E-state index contributed by atoms with van der Waals surface area (Å²) in [4.78, 5) is 20.6. The molecule has 0 N–H and O–H groups in total. The van der Waals surface area contributed by atoms with Gasteiger partial charge in [-0.3, -0.25) is 0 Å². The van der Waals surface area contributed by atoms with E-state index in [1.807, 2.05) is 0 Å². The molecule has 16 heavy (non-hydrogen) atoms. The van der Waals surface area contributed by atoms with Crippen molar-refractivity contribution >= 4 is 24.3 Å². The Balaban J connectivity index is -0.000000200. The Labute approximate surface area is 103 Å². The Kier molecular flexibility index (Phi) is 14.8. The highest BCUT2D eigenvalue weighted by Crippen LogP contribution is 1.89. The zero-order valence-corrected chi connectivity index (χ0v) is 11.0. The molecule has 0 aliphatic carbocycles. The zero-order chi connectivity index (χ0) is 12.4. The van der Waals surface area contributed by atoms with E-state index in [1.165, 1.54) is 7.11 Å². The molecular formula is C11H19ClO4. The molecule has 0 unspecified atom stereocenters. The predicted molar refractivity (Wildman–Crippen MR) is 65.5 cm³/mol. The van der Waals surface area contributed by atoms with Crippen LogP contribution in [0, 0.1) is 0 Å². The number of hydrogen-bond donors (Lipinski definition) is 0. The molecule has 0 spiro atoms. The van der Waals surface area contributed by atoms with Crippen LogP contribution >= 0.6 is 12.4 Å². The van der Waals surface area contributed by atoms with Gasteiger partial charge in [0, 0.05) is 11.1 Å². The highest BCUT2D eigenvalue weighted by atomic mass is 35.5. The van der Waals surface area contributed by atoms with Gasteiger partial charge in [-0.1, -0.05) is 13.2 Å². The molecule has 0 aromatic heterocycles. The molecule has 94 valence electrons. The predicted octanol–water partition coefficient (Wildman–Crippen LogP) is 2.28. The van der Waals surface area contributed by atoms with E-state index >= 15 is 0 Å². The molecule has 0 amide bonds. The first-order valence-corrected chi connectivity index (χ1v) is 4.43. The summed E-state index contributed by atoms with van der Waals surface area (Å²) >= 11 is 0. The molecule has 0 bridgehead atoms. The maximum Gasteiger partial charge on any atom is 0.333 e. The summed E-state index contributed by atoms with van der Waals surface area (Å²) in [6.07, 6.45) is 0. The summed E-state index contributed by atoms with van der Waals surface area (Å²) in [5.74, 6) is -0.660. The maximum absolute atomic E-state index is 10.4. The lowest BCUT2D eigenvalue weighted by atomic mass is 10.4. The maximum atomic E-state index is 10.4. The number of carbonyl (C=O) groups excluding carboxylic acids is 2. The molecule has 0 saturated heterocycles. The molecule has 0 saturated carbocycles. The molecule has 0 aromatic rings. The van der Waals surface area contributed by atoms with Crippen LogP contribution in [-0.2, 0) is 19.1 Å². The Morgan fingerprint density at radius 3 is 1.50 bits per heavy atom. The Bertz CT molecular complexity index is 259. The molecule has 0 radical (unpaired) electrons. The Morgan fingerprint density at radius 1 is 1.06 bits per heavy atom. The summed E-state index contributed by atoms with van der Waals surface area (Å²) < 4.78 is 8.84. The fraction of sp³-hybridized carbons (Fsp3) is 0.455. The van der Waals surface area contributed by atoms with Crippen LogP contribution in [0.2, 0.25) is 0 Å². The Hall–Kier alpha value is -1.29. The highest BCUT2D eigenvalue weighted by Gasteiger charge is 1.98. The first-order chi connectivity index (χ1) is 6.86. The van der Waals surface area contributed by atoms with Crippen molar-refractivity contribution in [2.24, 2.45) is 0 Å². The van der Waals surface area contributed by atoms with E-state index in [4.69, 9.17) is 0 Å². The van der Waals surface area contributed by atoms with Crippen molar-refractivity contribution < 1.29 is 19.1 Å². The first-order valence-electron chi connectivity index (χ1n) is 4.43. The van der Waals surface area contributed by atoms with E-state index in [0.717, 1.165) is 0 Å². The van der Waals surface area contributed by atoms with Gasteiger partial charge in [0.05, 0.1) is 13.7 Å². The van der Waals surface area contributed by atoms with Crippen LogP contribution in [-0.4, -0.2) is 25.7 Å². The number of hydrogen-bond acceptors (Lipinski definition) is 4. The van der Waals surface area contributed by atoms with Crippen LogP contribution in [0.3, 0.4) is 0 Å². The van der Waals surface area contributed by atoms with Crippen molar-refractivity contribution in [2.75, 3.05) is 13.7 Å². The minimum atomic E-state index is -0.347. The van der Waals surface area contributed by atoms with Gasteiger partial charge in [-0.15, -0.1) is 12.4 Å². The van der Waals surface area contributed by atoms with Crippen molar-refractivity contribution in [3.63, 3.8) is 0 Å². The van der Waals surface area contributed by atoms with Crippen LogP contribution in [0.5, 0.6) is 0 Å². The topological polar surface area (TPSA) is 52.6 Å². The van der Waals surface area contributed by atoms with Gasteiger partial charge in [0.2, 0.25) is 0 Å². The third kappa shape index (κ3) is 12.7. The van der Waals surface area contributed by atoms with E-state index in [9.17, 15) is 9.59 Å². The quantitative estimate of drug-likeness (QED) is 0.570. The van der Waals surface area contributed by atoms with Gasteiger partial charge in [-0.05, 0) is 20.8 Å². The van der Waals surface area contributed by atoms with Crippen molar-refractivity contribution in [2.45, 2.75) is 20.8 Å². The SMILES string of the molecule is C=C(C)C(=O)OC.C=C(C)C(=O)OCC.Cl. The second-order valence-corrected chi connectivity index (χ2v) is 2.77. The van der Waals surface area contributed by atoms with E-state index < -0.39 is 0 Å². The van der Waals surface area contributed by atoms with Gasteiger partial charge in [-0.25, -0.2) is 9.59 Å². The van der Waals surface area contributed by atoms with Crippen molar-refractivity contribution in [3.8, 4) is 0 Å². The van der Waals surface area contributed by atoms with Crippen molar-refractivity contribution in [1.82, 2.24) is 0 Å². The number of halogens is 1. The molecule has 5 heteroatoms. The molecule has 0 aliphatic rings. The molecule has 0 rings (SSSR count). The van der Waals surface area contributed by atoms with Crippen LogP contribution in [0.4, 0.5) is 0 Å². The lowest BCUT2D eigenvalue weighted by Gasteiger charge is -1.96. The minimum absolute atomic E-state index is 0. The molecule has 0 atom stereocenters. The fourth-order valence-corrected chi connectivity index (χ4v) is 0.429. The molecular weight excluding hydrogens is 232 g/mol. The third-order valence-corrected chi connectivity index (χ3v) is 1.16. The summed E-state index contributed by atoms with van der Waals surface area (Å²) in [5.41, 5.74) is 0.884. The fourth-order valence-electron chi connectivity index (χ4n) is 0.429. The van der Waals surface area contributed by atoms with Crippen LogP contribution in [0.1, 0.15) is 20.8 Å². The lowest BCUT2D eigenvalue weighted by molar-refractivity contribution is -0.138. The van der Waals surface area contributed by atoms with Crippen LogP contribution < -0.4 is 0 Å². The molecule has 0 aliphatic heterocycles. The average Bonchev–Trinajstić information content (AvgIpc) is 2.17. The largest absolute Gasteiger partial charge is 0.466 e. The molecule has 0 heterocycles. The number of esters is 2. The normalized spacial score (nSPS) is 7.50. The minimum Gasteiger partial charge on any atom is -0.466 e. The van der Waals surface area contributed by atoms with E-state index in [2.05, 4.69) is 22.6 Å². The summed E-state index contributed by atoms with van der Waals surface area (Å²) in [6, 6.07) is 0. The number of rotatable bonds is 3. The van der Waals surface area contributed by atoms with Crippen LogP contribution in [0.25, 0.3) is 0 Å². The van der Waals surface area contributed by atoms with E-state index in [1.54, 1.807) is 20.8 Å². The van der Waals surface area contributed by atoms with E-state index in [0.29, 0.717) is 17.8 Å². The standard InChI is InChI=1S/C6H10O2.C5H8O2.ClH/c1-4-8-6(7)5(2)3;1-4(2)5(6)7-3;/h2,4H2,1,3H3;1H2,2-3H3;1H. The van der Waals surface area contributed by atoms with Gasteiger partial charge in [0.25, 0.3) is 0 Å². The summed E-state index contributed by atoms with van der Waals surface area (Å²) in [6.45, 7) is 12.2. The lowest BCUT2D eigenvalue weighted by Crippen LogP contribution is -2.03. The number of methoxy groups -OCH3 is 1. The number of carbonyl (C=O) groups is 2. The molecule has 4 nitrogen and oxygen atoms in total. The monoisotopic (exact) mass is 250 g/mol. The second-order valence-electron chi connectivity index (χ2n) is 2.77. The summed E-state index contributed by atoms with van der Waals surface area (Å²) in [5, 5.41) is 0. The van der Waals surface area contributed by atoms with E-state index in [-0.39, 0.29) is 24.3 Å². The zero-order valence-electron chi connectivity index (χ0n) is 10.2.